The molecule has 1 N–H and O–H groups in total. The smallest absolute Gasteiger partial charge is 0.135 e. The normalized spacial score (nSPS) is 10.6. The monoisotopic (exact) mass is 273 g/mol. The zero-order valence-electron chi connectivity index (χ0n) is 12.2. The summed E-state index contributed by atoms with van der Waals surface area (Å²) in [6.45, 7) is 6.99. The summed E-state index contributed by atoms with van der Waals surface area (Å²) in [6.07, 6.45) is 1.58. The van der Waals surface area contributed by atoms with Gasteiger partial charge in [0.15, 0.2) is 0 Å². The minimum atomic E-state index is -0.226. The van der Waals surface area contributed by atoms with E-state index >= 15 is 0 Å². The van der Waals surface area contributed by atoms with E-state index in [1.165, 1.54) is 12.1 Å². The maximum absolute atomic E-state index is 13.2. The van der Waals surface area contributed by atoms with E-state index in [1.54, 1.807) is 6.07 Å². The highest BCUT2D eigenvalue weighted by molar-refractivity contribution is 5.45. The molecule has 3 nitrogen and oxygen atoms in total. The van der Waals surface area contributed by atoms with Gasteiger partial charge in [-0.2, -0.15) is 0 Å². The van der Waals surface area contributed by atoms with Crippen LogP contribution in [0.15, 0.2) is 24.3 Å². The van der Waals surface area contributed by atoms with Crippen LogP contribution < -0.4 is 5.32 Å². The molecule has 0 atom stereocenters. The van der Waals surface area contributed by atoms with E-state index in [-0.39, 0.29) is 5.82 Å². The van der Waals surface area contributed by atoms with Gasteiger partial charge in [0.2, 0.25) is 0 Å². The fourth-order valence-electron chi connectivity index (χ4n) is 2.01. The molecule has 0 fully saturated rings. The van der Waals surface area contributed by atoms with Crippen molar-refractivity contribution in [1.82, 2.24) is 9.97 Å². The number of nitrogens with one attached hydrogen (secondary N) is 1. The van der Waals surface area contributed by atoms with E-state index in [9.17, 15) is 4.39 Å². The van der Waals surface area contributed by atoms with Gasteiger partial charge in [0.25, 0.3) is 0 Å². The van der Waals surface area contributed by atoms with Gasteiger partial charge in [0.1, 0.15) is 17.5 Å². The van der Waals surface area contributed by atoms with E-state index < -0.39 is 0 Å². The molecule has 0 saturated heterocycles. The SMILES string of the molecule is CCCNc1nc(Cc2cccc(F)c2)nc(C)c1C. The van der Waals surface area contributed by atoms with E-state index in [0.29, 0.717) is 6.42 Å². The van der Waals surface area contributed by atoms with Crippen LogP contribution in [0.25, 0.3) is 0 Å². The minimum absolute atomic E-state index is 0.226. The third kappa shape index (κ3) is 3.53. The molecule has 1 aromatic heterocycles. The van der Waals surface area contributed by atoms with E-state index in [0.717, 1.165) is 41.4 Å². The molecule has 2 aromatic rings. The Hall–Kier alpha value is -1.97. The Bertz CT molecular complexity index is 596. The van der Waals surface area contributed by atoms with Crippen LogP contribution in [0.5, 0.6) is 0 Å². The molecule has 0 amide bonds. The molecule has 0 aliphatic carbocycles. The Balaban J connectivity index is 2.25. The molecule has 0 saturated carbocycles. The van der Waals surface area contributed by atoms with Crippen LogP contribution in [-0.2, 0) is 6.42 Å². The second-order valence-electron chi connectivity index (χ2n) is 4.93. The Morgan fingerprint density at radius 3 is 2.70 bits per heavy atom. The van der Waals surface area contributed by atoms with Gasteiger partial charge in [-0.25, -0.2) is 14.4 Å². The number of hydrogen-bond acceptors (Lipinski definition) is 3. The quantitative estimate of drug-likeness (QED) is 0.903. The lowest BCUT2D eigenvalue weighted by molar-refractivity contribution is 0.625. The van der Waals surface area contributed by atoms with Gasteiger partial charge in [0.05, 0.1) is 0 Å². The Morgan fingerprint density at radius 1 is 1.20 bits per heavy atom. The summed E-state index contributed by atoms with van der Waals surface area (Å²) in [6, 6.07) is 6.57. The molecule has 106 valence electrons. The van der Waals surface area contributed by atoms with Crippen molar-refractivity contribution in [3.8, 4) is 0 Å². The summed E-state index contributed by atoms with van der Waals surface area (Å²) < 4.78 is 13.2. The Kier molecular flexibility index (Phi) is 4.66. The van der Waals surface area contributed by atoms with Gasteiger partial charge in [-0.05, 0) is 38.0 Å². The number of anilines is 1. The Morgan fingerprint density at radius 2 is 2.00 bits per heavy atom. The van der Waals surface area contributed by atoms with Crippen molar-refractivity contribution in [3.05, 3.63) is 52.7 Å². The van der Waals surface area contributed by atoms with E-state index in [4.69, 9.17) is 0 Å². The first-order valence-electron chi connectivity index (χ1n) is 6.92. The first-order valence-corrected chi connectivity index (χ1v) is 6.92. The minimum Gasteiger partial charge on any atom is -0.370 e. The van der Waals surface area contributed by atoms with Gasteiger partial charge in [-0.3, -0.25) is 0 Å². The van der Waals surface area contributed by atoms with Gasteiger partial charge in [0, 0.05) is 24.2 Å². The molecular formula is C16H20FN3. The number of benzene rings is 1. The maximum Gasteiger partial charge on any atom is 0.135 e. The fraction of sp³-hybridized carbons (Fsp3) is 0.375. The molecule has 4 heteroatoms. The van der Waals surface area contributed by atoms with Gasteiger partial charge in [-0.15, -0.1) is 0 Å². The zero-order valence-corrected chi connectivity index (χ0v) is 12.2. The maximum atomic E-state index is 13.2. The second-order valence-corrected chi connectivity index (χ2v) is 4.93. The van der Waals surface area contributed by atoms with Gasteiger partial charge >= 0.3 is 0 Å². The van der Waals surface area contributed by atoms with Crippen molar-refractivity contribution in [3.63, 3.8) is 0 Å². The van der Waals surface area contributed by atoms with Crippen LogP contribution in [-0.4, -0.2) is 16.5 Å². The lowest BCUT2D eigenvalue weighted by atomic mass is 10.1. The van der Waals surface area contributed by atoms with Crippen molar-refractivity contribution < 1.29 is 4.39 Å². The molecule has 20 heavy (non-hydrogen) atoms. The van der Waals surface area contributed by atoms with Crippen LogP contribution in [0.4, 0.5) is 10.2 Å². The number of halogens is 1. The Labute approximate surface area is 119 Å². The third-order valence-corrected chi connectivity index (χ3v) is 3.23. The predicted molar refractivity (Wildman–Crippen MR) is 79.5 cm³/mol. The second kappa shape index (κ2) is 6.46. The summed E-state index contributed by atoms with van der Waals surface area (Å²) in [4.78, 5) is 9.04. The van der Waals surface area contributed by atoms with Crippen LogP contribution >= 0.6 is 0 Å². The van der Waals surface area contributed by atoms with Crippen LogP contribution in [0.1, 0.15) is 36.0 Å². The van der Waals surface area contributed by atoms with Crippen molar-refractivity contribution in [2.75, 3.05) is 11.9 Å². The molecule has 0 unspecified atom stereocenters. The molecule has 0 radical (unpaired) electrons. The van der Waals surface area contributed by atoms with Crippen molar-refractivity contribution in [1.29, 1.82) is 0 Å². The van der Waals surface area contributed by atoms with Crippen LogP contribution in [0, 0.1) is 19.7 Å². The van der Waals surface area contributed by atoms with Crippen molar-refractivity contribution in [2.24, 2.45) is 0 Å². The largest absolute Gasteiger partial charge is 0.370 e. The van der Waals surface area contributed by atoms with E-state index in [2.05, 4.69) is 22.2 Å². The number of nitrogens with zero attached hydrogens (tertiary/aromatic N) is 2. The van der Waals surface area contributed by atoms with Crippen molar-refractivity contribution in [2.45, 2.75) is 33.6 Å². The number of aromatic nitrogens is 2. The first-order chi connectivity index (χ1) is 9.60. The molecule has 0 spiro atoms. The molecule has 0 aliphatic heterocycles. The highest BCUT2D eigenvalue weighted by atomic mass is 19.1. The topological polar surface area (TPSA) is 37.8 Å². The molecular weight excluding hydrogens is 253 g/mol. The number of rotatable bonds is 5. The highest BCUT2D eigenvalue weighted by Gasteiger charge is 2.08. The predicted octanol–water partition coefficient (Wildman–Crippen LogP) is 3.65. The summed E-state index contributed by atoms with van der Waals surface area (Å²) in [5, 5.41) is 3.32. The standard InChI is InChI=1S/C16H20FN3/c1-4-8-18-16-11(2)12(3)19-15(20-16)10-13-6-5-7-14(17)9-13/h5-7,9H,4,8,10H2,1-3H3,(H,18,19,20). The molecule has 0 aliphatic rings. The molecule has 2 rings (SSSR count). The summed E-state index contributed by atoms with van der Waals surface area (Å²) in [5.41, 5.74) is 2.92. The average molecular weight is 273 g/mol. The van der Waals surface area contributed by atoms with Crippen LogP contribution in [0.2, 0.25) is 0 Å². The lowest BCUT2D eigenvalue weighted by Crippen LogP contribution is -2.09. The fourth-order valence-corrected chi connectivity index (χ4v) is 2.01. The summed E-state index contributed by atoms with van der Waals surface area (Å²) >= 11 is 0. The third-order valence-electron chi connectivity index (χ3n) is 3.23. The van der Waals surface area contributed by atoms with Crippen molar-refractivity contribution >= 4 is 5.82 Å². The highest BCUT2D eigenvalue weighted by Crippen LogP contribution is 2.17. The van der Waals surface area contributed by atoms with Crippen LogP contribution in [0.3, 0.4) is 0 Å². The average Bonchev–Trinajstić information content (AvgIpc) is 2.41. The number of hydrogen-bond donors (Lipinski definition) is 1. The zero-order chi connectivity index (χ0) is 14.5. The molecule has 1 heterocycles. The summed E-state index contributed by atoms with van der Waals surface area (Å²) in [5.74, 6) is 1.37. The molecule has 0 bridgehead atoms. The molecule has 1 aromatic carbocycles. The first kappa shape index (κ1) is 14.4. The number of aryl methyl sites for hydroxylation is 1. The van der Waals surface area contributed by atoms with E-state index in [1.807, 2.05) is 19.9 Å². The van der Waals surface area contributed by atoms with Gasteiger partial charge in [-0.1, -0.05) is 19.1 Å². The van der Waals surface area contributed by atoms with Gasteiger partial charge < -0.3 is 5.32 Å². The summed E-state index contributed by atoms with van der Waals surface area (Å²) in [7, 11) is 0. The lowest BCUT2D eigenvalue weighted by Gasteiger charge is -2.11.